The van der Waals surface area contributed by atoms with Crippen LogP contribution in [0.15, 0.2) is 24.3 Å². The molecule has 2 rings (SSSR count). The number of anilines is 1. The lowest BCUT2D eigenvalue weighted by Crippen LogP contribution is -2.32. The van der Waals surface area contributed by atoms with Crippen molar-refractivity contribution in [3.63, 3.8) is 0 Å². The first kappa shape index (κ1) is 15.3. The Hall–Kier alpha value is -1.11. The van der Waals surface area contributed by atoms with Crippen molar-refractivity contribution in [3.8, 4) is 0 Å². The van der Waals surface area contributed by atoms with Crippen molar-refractivity contribution in [1.82, 2.24) is 4.72 Å². The van der Waals surface area contributed by atoms with Crippen molar-refractivity contribution < 1.29 is 13.5 Å². The van der Waals surface area contributed by atoms with Gasteiger partial charge in [-0.2, -0.15) is 0 Å². The number of hydrogen-bond acceptors (Lipinski definition) is 4. The number of rotatable bonds is 5. The molecule has 1 aromatic carbocycles. The number of nitrogen functional groups attached to an aromatic ring is 1. The number of nitrogens with one attached hydrogen (secondary N) is 1. The molecule has 1 aliphatic rings. The van der Waals surface area contributed by atoms with Crippen molar-refractivity contribution in [2.75, 3.05) is 12.3 Å². The van der Waals surface area contributed by atoms with Gasteiger partial charge in [0.25, 0.3) is 0 Å². The van der Waals surface area contributed by atoms with E-state index in [9.17, 15) is 13.5 Å². The maximum atomic E-state index is 12.0. The molecule has 0 unspecified atom stereocenters. The van der Waals surface area contributed by atoms with E-state index in [4.69, 9.17) is 5.73 Å². The van der Waals surface area contributed by atoms with Crippen LogP contribution in [-0.2, 0) is 15.8 Å². The zero-order chi connectivity index (χ0) is 14.6. The Kier molecular flexibility index (Phi) is 5.01. The number of hydrogen-bond donors (Lipinski definition) is 3. The van der Waals surface area contributed by atoms with Gasteiger partial charge in [-0.05, 0) is 49.3 Å². The zero-order valence-corrected chi connectivity index (χ0v) is 12.3. The monoisotopic (exact) mass is 298 g/mol. The van der Waals surface area contributed by atoms with Crippen LogP contribution in [0.3, 0.4) is 0 Å². The Morgan fingerprint density at radius 2 is 1.75 bits per heavy atom. The van der Waals surface area contributed by atoms with Gasteiger partial charge in [0.2, 0.25) is 10.0 Å². The highest BCUT2D eigenvalue weighted by Crippen LogP contribution is 2.23. The van der Waals surface area contributed by atoms with Gasteiger partial charge >= 0.3 is 0 Å². The third kappa shape index (κ3) is 4.77. The molecular formula is C14H22N2O3S. The normalized spacial score (nSPS) is 23.6. The van der Waals surface area contributed by atoms with E-state index in [-0.39, 0.29) is 11.9 Å². The third-order valence-corrected chi connectivity index (χ3v) is 5.06. The molecule has 1 saturated carbocycles. The molecule has 112 valence electrons. The molecule has 0 spiro atoms. The predicted molar refractivity (Wildman–Crippen MR) is 79.4 cm³/mol. The van der Waals surface area contributed by atoms with E-state index in [0.717, 1.165) is 31.2 Å². The topological polar surface area (TPSA) is 92.4 Å². The summed E-state index contributed by atoms with van der Waals surface area (Å²) in [6.45, 7) is 0.462. The number of sulfonamides is 1. The van der Waals surface area contributed by atoms with E-state index in [0.29, 0.717) is 18.2 Å². The molecular weight excluding hydrogens is 276 g/mol. The Labute approximate surface area is 120 Å². The number of aliphatic hydroxyl groups excluding tert-OH is 1. The van der Waals surface area contributed by atoms with Gasteiger partial charge in [-0.15, -0.1) is 0 Å². The van der Waals surface area contributed by atoms with Crippen LogP contribution in [0.25, 0.3) is 0 Å². The average Bonchev–Trinajstić information content (AvgIpc) is 2.41. The van der Waals surface area contributed by atoms with E-state index in [1.54, 1.807) is 24.3 Å². The van der Waals surface area contributed by atoms with Gasteiger partial charge in [-0.1, -0.05) is 12.1 Å². The summed E-state index contributed by atoms with van der Waals surface area (Å²) in [7, 11) is -3.31. The van der Waals surface area contributed by atoms with E-state index in [2.05, 4.69) is 4.72 Å². The average molecular weight is 298 g/mol. The van der Waals surface area contributed by atoms with Gasteiger partial charge in [-0.3, -0.25) is 0 Å². The quantitative estimate of drug-likeness (QED) is 0.713. The van der Waals surface area contributed by atoms with Gasteiger partial charge < -0.3 is 10.8 Å². The Morgan fingerprint density at radius 3 is 2.35 bits per heavy atom. The smallest absolute Gasteiger partial charge is 0.215 e. The standard InChI is InChI=1S/C14H22N2O3S/c15-13-5-1-12(2-6-13)10-20(18,19)16-9-11-3-7-14(17)8-4-11/h1-2,5-6,11,14,16-17H,3-4,7-10,15H2. The maximum Gasteiger partial charge on any atom is 0.215 e. The van der Waals surface area contributed by atoms with Crippen LogP contribution in [0.5, 0.6) is 0 Å². The molecule has 0 aromatic heterocycles. The minimum atomic E-state index is -3.31. The largest absolute Gasteiger partial charge is 0.399 e. The van der Waals surface area contributed by atoms with E-state index in [1.165, 1.54) is 0 Å². The molecule has 0 radical (unpaired) electrons. The van der Waals surface area contributed by atoms with Gasteiger partial charge in [0, 0.05) is 12.2 Å². The van der Waals surface area contributed by atoms with Crippen LogP contribution < -0.4 is 10.5 Å². The van der Waals surface area contributed by atoms with E-state index >= 15 is 0 Å². The number of benzene rings is 1. The van der Waals surface area contributed by atoms with Gasteiger partial charge in [0.1, 0.15) is 0 Å². The summed E-state index contributed by atoms with van der Waals surface area (Å²) in [5.74, 6) is 0.308. The fourth-order valence-corrected chi connectivity index (χ4v) is 3.70. The fraction of sp³-hybridized carbons (Fsp3) is 0.571. The molecule has 1 aromatic rings. The Morgan fingerprint density at radius 1 is 1.15 bits per heavy atom. The van der Waals surface area contributed by atoms with Crippen LogP contribution in [-0.4, -0.2) is 26.2 Å². The summed E-state index contributed by atoms with van der Waals surface area (Å²) < 4.78 is 26.7. The Bertz CT molecular complexity index is 520. The summed E-state index contributed by atoms with van der Waals surface area (Å²) in [6, 6.07) is 6.86. The Balaban J connectivity index is 1.83. The minimum Gasteiger partial charge on any atom is -0.399 e. The lowest BCUT2D eigenvalue weighted by atomic mass is 9.88. The van der Waals surface area contributed by atoms with Crippen molar-refractivity contribution >= 4 is 15.7 Å². The second-order valence-electron chi connectivity index (χ2n) is 5.52. The molecule has 0 aliphatic heterocycles. The molecule has 20 heavy (non-hydrogen) atoms. The van der Waals surface area contributed by atoms with Crippen molar-refractivity contribution in [1.29, 1.82) is 0 Å². The molecule has 0 bridgehead atoms. The highest BCUT2D eigenvalue weighted by molar-refractivity contribution is 7.88. The first-order valence-electron chi connectivity index (χ1n) is 6.94. The molecule has 6 heteroatoms. The van der Waals surface area contributed by atoms with E-state index < -0.39 is 10.0 Å². The summed E-state index contributed by atoms with van der Waals surface area (Å²) in [4.78, 5) is 0. The summed E-state index contributed by atoms with van der Waals surface area (Å²) in [5, 5.41) is 9.42. The highest BCUT2D eigenvalue weighted by atomic mass is 32.2. The maximum absolute atomic E-state index is 12.0. The van der Waals surface area contributed by atoms with Crippen LogP contribution in [0, 0.1) is 5.92 Å². The minimum absolute atomic E-state index is 0.0252. The van der Waals surface area contributed by atoms with Crippen LogP contribution in [0.4, 0.5) is 5.69 Å². The van der Waals surface area contributed by atoms with Gasteiger partial charge in [0.05, 0.1) is 11.9 Å². The number of aliphatic hydroxyl groups is 1. The molecule has 4 N–H and O–H groups in total. The van der Waals surface area contributed by atoms with Gasteiger partial charge in [0.15, 0.2) is 0 Å². The molecule has 0 heterocycles. The van der Waals surface area contributed by atoms with E-state index in [1.807, 2.05) is 0 Å². The lowest BCUT2D eigenvalue weighted by molar-refractivity contribution is 0.109. The van der Waals surface area contributed by atoms with Crippen molar-refractivity contribution in [2.45, 2.75) is 37.5 Å². The van der Waals surface area contributed by atoms with Gasteiger partial charge in [-0.25, -0.2) is 13.1 Å². The second-order valence-corrected chi connectivity index (χ2v) is 7.33. The van der Waals surface area contributed by atoms with Crippen LogP contribution in [0.2, 0.25) is 0 Å². The molecule has 0 saturated heterocycles. The van der Waals surface area contributed by atoms with Crippen molar-refractivity contribution in [2.24, 2.45) is 5.92 Å². The summed E-state index contributed by atoms with van der Waals surface area (Å²) in [5.41, 5.74) is 6.92. The first-order chi connectivity index (χ1) is 9.44. The second kappa shape index (κ2) is 6.56. The molecule has 1 fully saturated rings. The molecule has 1 aliphatic carbocycles. The SMILES string of the molecule is Nc1ccc(CS(=O)(=O)NCC2CCC(O)CC2)cc1. The van der Waals surface area contributed by atoms with Crippen LogP contribution in [0.1, 0.15) is 31.2 Å². The highest BCUT2D eigenvalue weighted by Gasteiger charge is 2.21. The summed E-state index contributed by atoms with van der Waals surface area (Å²) >= 11 is 0. The van der Waals surface area contributed by atoms with Crippen LogP contribution >= 0.6 is 0 Å². The molecule has 0 atom stereocenters. The lowest BCUT2D eigenvalue weighted by Gasteiger charge is -2.25. The summed E-state index contributed by atoms with van der Waals surface area (Å²) in [6.07, 6.45) is 3.09. The zero-order valence-electron chi connectivity index (χ0n) is 11.5. The fourth-order valence-electron chi connectivity index (χ4n) is 2.48. The number of nitrogens with two attached hydrogens (primary N) is 1. The molecule has 0 amide bonds. The molecule has 5 nitrogen and oxygen atoms in total. The third-order valence-electron chi connectivity index (χ3n) is 3.74. The van der Waals surface area contributed by atoms with Crippen molar-refractivity contribution in [3.05, 3.63) is 29.8 Å². The first-order valence-corrected chi connectivity index (χ1v) is 8.59. The predicted octanol–water partition coefficient (Wildman–Crippen LogP) is 1.24.